The van der Waals surface area contributed by atoms with Crippen LogP contribution in [0.15, 0.2) is 18.2 Å². The molecular weight excluding hydrogens is 242 g/mol. The van der Waals surface area contributed by atoms with Crippen LogP contribution in [0.25, 0.3) is 0 Å². The number of benzene rings is 1. The van der Waals surface area contributed by atoms with Gasteiger partial charge >= 0.3 is 0 Å². The fourth-order valence-electron chi connectivity index (χ4n) is 1.32. The Hall–Kier alpha value is -1.33. The lowest BCUT2D eigenvalue weighted by molar-refractivity contribution is 0.0439. The number of ketones is 1. The molecule has 0 aliphatic carbocycles. The highest BCUT2D eigenvalue weighted by Crippen LogP contribution is 2.10. The molecule has 3 nitrogen and oxygen atoms in total. The van der Waals surface area contributed by atoms with E-state index in [1.165, 1.54) is 0 Å². The SMILES string of the molecule is CCCOCCOCC(=O)c1ccc(F)cc1F. The van der Waals surface area contributed by atoms with Gasteiger partial charge in [-0.15, -0.1) is 0 Å². The molecule has 0 saturated heterocycles. The second-order valence-corrected chi connectivity index (χ2v) is 3.71. The van der Waals surface area contributed by atoms with Gasteiger partial charge in [-0.1, -0.05) is 6.92 Å². The molecule has 0 heterocycles. The molecule has 5 heteroatoms. The van der Waals surface area contributed by atoms with Crippen LogP contribution in [0, 0.1) is 11.6 Å². The quantitative estimate of drug-likeness (QED) is 0.531. The molecule has 0 aliphatic rings. The molecule has 18 heavy (non-hydrogen) atoms. The third-order valence-electron chi connectivity index (χ3n) is 2.19. The monoisotopic (exact) mass is 258 g/mol. The number of Topliss-reactive ketones (excluding diaryl/α,β-unsaturated/α-hetero) is 1. The van der Waals surface area contributed by atoms with E-state index in [0.717, 1.165) is 18.6 Å². The molecule has 1 aromatic carbocycles. The molecule has 0 bridgehead atoms. The summed E-state index contributed by atoms with van der Waals surface area (Å²) < 4.78 is 36.1. The minimum Gasteiger partial charge on any atom is -0.379 e. The van der Waals surface area contributed by atoms with Gasteiger partial charge in [0, 0.05) is 12.7 Å². The fourth-order valence-corrected chi connectivity index (χ4v) is 1.32. The van der Waals surface area contributed by atoms with Gasteiger partial charge in [0.2, 0.25) is 0 Å². The van der Waals surface area contributed by atoms with E-state index in [9.17, 15) is 13.6 Å². The van der Waals surface area contributed by atoms with Gasteiger partial charge in [-0.05, 0) is 18.6 Å². The Labute approximate surface area is 105 Å². The van der Waals surface area contributed by atoms with E-state index in [4.69, 9.17) is 9.47 Å². The summed E-state index contributed by atoms with van der Waals surface area (Å²) in [4.78, 5) is 11.5. The molecule has 100 valence electrons. The van der Waals surface area contributed by atoms with E-state index in [2.05, 4.69) is 0 Å². The lowest BCUT2D eigenvalue weighted by Crippen LogP contribution is -2.14. The van der Waals surface area contributed by atoms with Gasteiger partial charge in [0.15, 0.2) is 5.78 Å². The molecule has 0 N–H and O–H groups in total. The van der Waals surface area contributed by atoms with Crippen LogP contribution in [-0.2, 0) is 9.47 Å². The predicted octanol–water partition coefficient (Wildman–Crippen LogP) is 2.59. The minimum atomic E-state index is -0.870. The molecule has 0 amide bonds. The van der Waals surface area contributed by atoms with Gasteiger partial charge in [0.1, 0.15) is 18.2 Å². The number of carbonyl (C=O) groups is 1. The van der Waals surface area contributed by atoms with Gasteiger partial charge in [-0.2, -0.15) is 0 Å². The first-order valence-electron chi connectivity index (χ1n) is 5.79. The second kappa shape index (κ2) is 7.89. The lowest BCUT2D eigenvalue weighted by Gasteiger charge is -2.05. The maximum Gasteiger partial charge on any atom is 0.191 e. The van der Waals surface area contributed by atoms with Gasteiger partial charge in [0.25, 0.3) is 0 Å². The summed E-state index contributed by atoms with van der Waals surface area (Å²) in [6, 6.07) is 2.84. The van der Waals surface area contributed by atoms with Crippen molar-refractivity contribution in [3.05, 3.63) is 35.4 Å². The first-order chi connectivity index (χ1) is 8.65. The second-order valence-electron chi connectivity index (χ2n) is 3.71. The summed E-state index contributed by atoms with van der Waals surface area (Å²) >= 11 is 0. The highest BCUT2D eigenvalue weighted by Gasteiger charge is 2.12. The first-order valence-corrected chi connectivity index (χ1v) is 5.79. The van der Waals surface area contributed by atoms with Crippen LogP contribution in [-0.4, -0.2) is 32.2 Å². The molecule has 0 fully saturated rings. The van der Waals surface area contributed by atoms with E-state index in [-0.39, 0.29) is 18.8 Å². The van der Waals surface area contributed by atoms with Crippen molar-refractivity contribution in [2.45, 2.75) is 13.3 Å². The van der Waals surface area contributed by atoms with Crippen LogP contribution < -0.4 is 0 Å². The largest absolute Gasteiger partial charge is 0.379 e. The number of hydrogen-bond donors (Lipinski definition) is 0. The average molecular weight is 258 g/mol. The van der Waals surface area contributed by atoms with Crippen molar-refractivity contribution in [2.24, 2.45) is 0 Å². The van der Waals surface area contributed by atoms with Gasteiger partial charge in [-0.3, -0.25) is 4.79 Å². The van der Waals surface area contributed by atoms with Crippen molar-refractivity contribution in [3.63, 3.8) is 0 Å². The third kappa shape index (κ3) is 4.89. The zero-order valence-electron chi connectivity index (χ0n) is 10.2. The molecular formula is C13H16F2O3. The van der Waals surface area contributed by atoms with E-state index >= 15 is 0 Å². The number of rotatable bonds is 8. The number of ether oxygens (including phenoxy) is 2. The summed E-state index contributed by atoms with van der Waals surface area (Å²) in [5, 5.41) is 0. The van der Waals surface area contributed by atoms with E-state index in [1.54, 1.807) is 0 Å². The van der Waals surface area contributed by atoms with Crippen LogP contribution in [0.3, 0.4) is 0 Å². The normalized spacial score (nSPS) is 10.6. The Morgan fingerprint density at radius 1 is 1.17 bits per heavy atom. The molecule has 0 saturated carbocycles. The van der Waals surface area contributed by atoms with Crippen LogP contribution in [0.5, 0.6) is 0 Å². The highest BCUT2D eigenvalue weighted by atomic mass is 19.1. The van der Waals surface area contributed by atoms with Crippen molar-refractivity contribution >= 4 is 5.78 Å². The van der Waals surface area contributed by atoms with Crippen molar-refractivity contribution in [1.29, 1.82) is 0 Å². The van der Waals surface area contributed by atoms with Crippen molar-refractivity contribution in [1.82, 2.24) is 0 Å². The Morgan fingerprint density at radius 2 is 1.89 bits per heavy atom. The van der Waals surface area contributed by atoms with E-state index in [0.29, 0.717) is 19.3 Å². The Bertz CT molecular complexity index is 394. The Kier molecular flexibility index (Phi) is 6.46. The summed E-state index contributed by atoms with van der Waals surface area (Å²) in [6.45, 7) is 3.06. The van der Waals surface area contributed by atoms with Gasteiger partial charge < -0.3 is 9.47 Å². The number of halogens is 2. The van der Waals surface area contributed by atoms with E-state index < -0.39 is 17.4 Å². The van der Waals surface area contributed by atoms with Crippen molar-refractivity contribution in [3.8, 4) is 0 Å². The van der Waals surface area contributed by atoms with Crippen LogP contribution in [0.1, 0.15) is 23.7 Å². The summed E-state index contributed by atoms with van der Waals surface area (Å²) in [6.07, 6.45) is 0.916. The van der Waals surface area contributed by atoms with Crippen molar-refractivity contribution < 1.29 is 23.0 Å². The zero-order chi connectivity index (χ0) is 13.4. The third-order valence-corrected chi connectivity index (χ3v) is 2.19. The van der Waals surface area contributed by atoms with E-state index in [1.807, 2.05) is 6.92 Å². The first kappa shape index (κ1) is 14.7. The molecule has 0 spiro atoms. The maximum atomic E-state index is 13.2. The number of carbonyl (C=O) groups excluding carboxylic acids is 1. The zero-order valence-corrected chi connectivity index (χ0v) is 10.2. The lowest BCUT2D eigenvalue weighted by atomic mass is 10.1. The smallest absolute Gasteiger partial charge is 0.191 e. The standard InChI is InChI=1S/C13H16F2O3/c1-2-5-17-6-7-18-9-13(16)11-4-3-10(14)8-12(11)15/h3-4,8H,2,5-7,9H2,1H3. The molecule has 1 rings (SSSR count). The molecule has 0 unspecified atom stereocenters. The predicted molar refractivity (Wildman–Crippen MR) is 62.6 cm³/mol. The van der Waals surface area contributed by atoms with Crippen LogP contribution >= 0.6 is 0 Å². The molecule has 0 aromatic heterocycles. The van der Waals surface area contributed by atoms with Gasteiger partial charge in [-0.25, -0.2) is 8.78 Å². The number of hydrogen-bond acceptors (Lipinski definition) is 3. The minimum absolute atomic E-state index is 0.161. The molecule has 1 aromatic rings. The highest BCUT2D eigenvalue weighted by molar-refractivity contribution is 5.97. The maximum absolute atomic E-state index is 13.2. The molecule has 0 atom stereocenters. The average Bonchev–Trinajstić information content (AvgIpc) is 2.33. The summed E-state index contributed by atoms with van der Waals surface area (Å²) in [7, 11) is 0. The van der Waals surface area contributed by atoms with Crippen molar-refractivity contribution in [2.75, 3.05) is 26.4 Å². The topological polar surface area (TPSA) is 35.5 Å². The fraction of sp³-hybridized carbons (Fsp3) is 0.462. The summed E-state index contributed by atoms with van der Waals surface area (Å²) in [5.41, 5.74) is -0.161. The van der Waals surface area contributed by atoms with Crippen LogP contribution in [0.4, 0.5) is 8.78 Å². The Morgan fingerprint density at radius 3 is 2.56 bits per heavy atom. The molecule has 0 radical (unpaired) electrons. The molecule has 0 aliphatic heterocycles. The van der Waals surface area contributed by atoms with Crippen LogP contribution in [0.2, 0.25) is 0 Å². The van der Waals surface area contributed by atoms with Gasteiger partial charge in [0.05, 0.1) is 18.8 Å². The Balaban J connectivity index is 2.32. The summed E-state index contributed by atoms with van der Waals surface area (Å²) in [5.74, 6) is -2.09.